The van der Waals surface area contributed by atoms with Gasteiger partial charge in [0.1, 0.15) is 5.78 Å². The second-order valence-corrected chi connectivity index (χ2v) is 3.64. The molecule has 0 spiro atoms. The standard InChI is InChI=1S/C10H14O/c11-10-8-4-1-2-5-9(10)7-3-6-8/h1,4,8-9H,2-3,5-7H2. The molecule has 1 nitrogen and oxygen atoms in total. The van der Waals surface area contributed by atoms with Crippen LogP contribution in [0, 0.1) is 11.8 Å². The van der Waals surface area contributed by atoms with Crippen molar-refractivity contribution in [3.05, 3.63) is 12.2 Å². The molecular formula is C10H14O. The zero-order chi connectivity index (χ0) is 7.68. The smallest absolute Gasteiger partial charge is 0.142 e. The molecule has 0 saturated heterocycles. The van der Waals surface area contributed by atoms with Crippen molar-refractivity contribution in [1.29, 1.82) is 0 Å². The molecule has 0 aromatic carbocycles. The lowest BCUT2D eigenvalue weighted by Gasteiger charge is -2.23. The Morgan fingerprint density at radius 2 is 2.18 bits per heavy atom. The van der Waals surface area contributed by atoms with Crippen molar-refractivity contribution in [3.63, 3.8) is 0 Å². The van der Waals surface area contributed by atoms with Gasteiger partial charge in [-0.15, -0.1) is 0 Å². The number of rotatable bonds is 0. The van der Waals surface area contributed by atoms with Crippen LogP contribution in [0.25, 0.3) is 0 Å². The lowest BCUT2D eigenvalue weighted by atomic mass is 9.80. The van der Waals surface area contributed by atoms with E-state index in [2.05, 4.69) is 12.2 Å². The first kappa shape index (κ1) is 7.08. The third-order valence-electron chi connectivity index (χ3n) is 2.89. The fraction of sp³-hybridized carbons (Fsp3) is 0.700. The third-order valence-corrected chi connectivity index (χ3v) is 2.89. The molecule has 1 fully saturated rings. The van der Waals surface area contributed by atoms with Gasteiger partial charge in [0.15, 0.2) is 0 Å². The Labute approximate surface area is 67.5 Å². The Morgan fingerprint density at radius 3 is 3.09 bits per heavy atom. The van der Waals surface area contributed by atoms with E-state index in [0.717, 1.165) is 25.7 Å². The molecule has 2 rings (SSSR count). The summed E-state index contributed by atoms with van der Waals surface area (Å²) in [4.78, 5) is 11.6. The molecule has 0 amide bonds. The van der Waals surface area contributed by atoms with Crippen molar-refractivity contribution < 1.29 is 4.79 Å². The maximum Gasteiger partial charge on any atom is 0.142 e. The summed E-state index contributed by atoms with van der Waals surface area (Å²) in [5.41, 5.74) is 0. The average Bonchev–Trinajstić information content (AvgIpc) is 2.17. The van der Waals surface area contributed by atoms with Gasteiger partial charge in [0.25, 0.3) is 0 Å². The van der Waals surface area contributed by atoms with Crippen molar-refractivity contribution in [2.75, 3.05) is 0 Å². The predicted molar refractivity (Wildman–Crippen MR) is 44.2 cm³/mol. The van der Waals surface area contributed by atoms with Gasteiger partial charge >= 0.3 is 0 Å². The second-order valence-electron chi connectivity index (χ2n) is 3.64. The van der Waals surface area contributed by atoms with Gasteiger partial charge in [-0.25, -0.2) is 0 Å². The molecule has 1 saturated carbocycles. The molecule has 60 valence electrons. The van der Waals surface area contributed by atoms with E-state index >= 15 is 0 Å². The summed E-state index contributed by atoms with van der Waals surface area (Å²) in [6.07, 6.45) is 10.0. The Bertz CT molecular complexity index is 193. The van der Waals surface area contributed by atoms with Crippen LogP contribution in [0.4, 0.5) is 0 Å². The molecule has 0 N–H and O–H groups in total. The van der Waals surface area contributed by atoms with Crippen molar-refractivity contribution >= 4 is 5.78 Å². The number of allylic oxidation sites excluding steroid dienone is 2. The first-order chi connectivity index (χ1) is 5.38. The van der Waals surface area contributed by atoms with Crippen LogP contribution < -0.4 is 0 Å². The molecule has 2 atom stereocenters. The molecule has 0 aromatic heterocycles. The van der Waals surface area contributed by atoms with Crippen LogP contribution in [0.15, 0.2) is 12.2 Å². The fourth-order valence-corrected chi connectivity index (χ4v) is 2.21. The highest BCUT2D eigenvalue weighted by atomic mass is 16.1. The SMILES string of the molecule is O=C1C2C=CCCC1CCC2. The van der Waals surface area contributed by atoms with Crippen LogP contribution in [0.2, 0.25) is 0 Å². The summed E-state index contributed by atoms with van der Waals surface area (Å²) >= 11 is 0. The van der Waals surface area contributed by atoms with Gasteiger partial charge < -0.3 is 0 Å². The zero-order valence-electron chi connectivity index (χ0n) is 6.75. The van der Waals surface area contributed by atoms with Crippen molar-refractivity contribution in [3.8, 4) is 0 Å². The lowest BCUT2D eigenvalue weighted by Crippen LogP contribution is -2.25. The van der Waals surface area contributed by atoms with Gasteiger partial charge in [-0.05, 0) is 25.7 Å². The summed E-state index contributed by atoms with van der Waals surface area (Å²) in [5.74, 6) is 1.21. The van der Waals surface area contributed by atoms with Crippen LogP contribution in [-0.4, -0.2) is 5.78 Å². The minimum absolute atomic E-state index is 0.288. The fourth-order valence-electron chi connectivity index (χ4n) is 2.21. The van der Waals surface area contributed by atoms with Crippen LogP contribution in [0.3, 0.4) is 0 Å². The van der Waals surface area contributed by atoms with Crippen LogP contribution >= 0.6 is 0 Å². The van der Waals surface area contributed by atoms with Crippen molar-refractivity contribution in [1.82, 2.24) is 0 Å². The highest BCUT2D eigenvalue weighted by molar-refractivity contribution is 5.85. The molecule has 1 heteroatoms. The van der Waals surface area contributed by atoms with Crippen LogP contribution in [-0.2, 0) is 4.79 Å². The molecule has 0 aliphatic heterocycles. The van der Waals surface area contributed by atoms with E-state index < -0.39 is 0 Å². The number of carbonyl (C=O) groups excluding carboxylic acids is 1. The van der Waals surface area contributed by atoms with E-state index in [-0.39, 0.29) is 5.92 Å². The lowest BCUT2D eigenvalue weighted by molar-refractivity contribution is -0.127. The summed E-state index contributed by atoms with van der Waals surface area (Å²) < 4.78 is 0. The summed E-state index contributed by atoms with van der Waals surface area (Å²) in [6.45, 7) is 0. The quantitative estimate of drug-likeness (QED) is 0.484. The van der Waals surface area contributed by atoms with E-state index in [0.29, 0.717) is 11.7 Å². The minimum atomic E-state index is 0.288. The minimum Gasteiger partial charge on any atom is -0.299 e. The number of ketones is 1. The van der Waals surface area contributed by atoms with E-state index in [4.69, 9.17) is 0 Å². The molecule has 2 aliphatic rings. The average molecular weight is 150 g/mol. The molecule has 2 bridgehead atoms. The summed E-state index contributed by atoms with van der Waals surface area (Å²) in [7, 11) is 0. The second kappa shape index (κ2) is 2.80. The Kier molecular flexibility index (Phi) is 1.80. The maximum atomic E-state index is 11.6. The molecular weight excluding hydrogens is 136 g/mol. The Hall–Kier alpha value is -0.590. The van der Waals surface area contributed by atoms with Crippen molar-refractivity contribution in [2.24, 2.45) is 11.8 Å². The van der Waals surface area contributed by atoms with Crippen LogP contribution in [0.1, 0.15) is 32.1 Å². The summed E-state index contributed by atoms with van der Waals surface area (Å²) in [5, 5.41) is 0. The number of hydrogen-bond donors (Lipinski definition) is 0. The topological polar surface area (TPSA) is 17.1 Å². The number of Topliss-reactive ketones (excluding diaryl/α,β-unsaturated/α-hetero) is 1. The van der Waals surface area contributed by atoms with E-state index in [1.807, 2.05) is 0 Å². The van der Waals surface area contributed by atoms with Gasteiger partial charge in [-0.2, -0.15) is 0 Å². The highest BCUT2D eigenvalue weighted by Crippen LogP contribution is 2.31. The summed E-state index contributed by atoms with van der Waals surface area (Å²) in [6, 6.07) is 0. The predicted octanol–water partition coefficient (Wildman–Crippen LogP) is 2.32. The van der Waals surface area contributed by atoms with E-state index in [1.165, 1.54) is 6.42 Å². The van der Waals surface area contributed by atoms with Gasteiger partial charge in [-0.1, -0.05) is 18.6 Å². The Balaban J connectivity index is 2.20. The van der Waals surface area contributed by atoms with Gasteiger partial charge in [0.2, 0.25) is 0 Å². The first-order valence-corrected chi connectivity index (χ1v) is 4.58. The zero-order valence-corrected chi connectivity index (χ0v) is 6.75. The van der Waals surface area contributed by atoms with Gasteiger partial charge in [-0.3, -0.25) is 4.79 Å². The molecule has 0 radical (unpaired) electrons. The number of carbonyl (C=O) groups is 1. The first-order valence-electron chi connectivity index (χ1n) is 4.58. The Morgan fingerprint density at radius 1 is 1.27 bits per heavy atom. The van der Waals surface area contributed by atoms with E-state index in [9.17, 15) is 4.79 Å². The normalized spacial score (nSPS) is 36.9. The molecule has 0 heterocycles. The van der Waals surface area contributed by atoms with Gasteiger partial charge in [0.05, 0.1) is 0 Å². The largest absolute Gasteiger partial charge is 0.299 e. The maximum absolute atomic E-state index is 11.6. The number of fused-ring (bicyclic) bond motifs is 2. The highest BCUT2D eigenvalue weighted by Gasteiger charge is 2.29. The molecule has 2 aliphatic carbocycles. The van der Waals surface area contributed by atoms with Crippen molar-refractivity contribution in [2.45, 2.75) is 32.1 Å². The van der Waals surface area contributed by atoms with E-state index in [1.54, 1.807) is 0 Å². The molecule has 2 unspecified atom stereocenters. The molecule has 0 aromatic rings. The third kappa shape index (κ3) is 1.24. The van der Waals surface area contributed by atoms with Gasteiger partial charge in [0, 0.05) is 11.8 Å². The monoisotopic (exact) mass is 150 g/mol. The number of hydrogen-bond acceptors (Lipinski definition) is 1. The van der Waals surface area contributed by atoms with Crippen LogP contribution in [0.5, 0.6) is 0 Å². The molecule has 11 heavy (non-hydrogen) atoms.